The van der Waals surface area contributed by atoms with Gasteiger partial charge in [-0.2, -0.15) is 0 Å². The predicted molar refractivity (Wildman–Crippen MR) is 184 cm³/mol. The molecule has 2 amide bonds. The average Bonchev–Trinajstić information content (AvgIpc) is 2.98. The molecule has 0 aromatic heterocycles. The highest BCUT2D eigenvalue weighted by Gasteiger charge is 2.35. The van der Waals surface area contributed by atoms with Gasteiger partial charge in [-0.1, -0.05) is 82.1 Å². The highest BCUT2D eigenvalue weighted by molar-refractivity contribution is 9.10. The van der Waals surface area contributed by atoms with Gasteiger partial charge in [0.15, 0.2) is 0 Å². The largest absolute Gasteiger partial charge is 0.350 e. The van der Waals surface area contributed by atoms with E-state index < -0.39 is 34.1 Å². The number of carbonyl (C=O) groups is 2. The van der Waals surface area contributed by atoms with Crippen LogP contribution in [-0.4, -0.2) is 43.3 Å². The second-order valence-electron chi connectivity index (χ2n) is 11.9. The number of anilines is 1. The van der Waals surface area contributed by atoms with Crippen LogP contribution in [-0.2, 0) is 32.6 Å². The Morgan fingerprint density at radius 2 is 1.51 bits per heavy atom. The van der Waals surface area contributed by atoms with E-state index in [4.69, 9.17) is 11.6 Å². The van der Waals surface area contributed by atoms with Crippen LogP contribution in [0.15, 0.2) is 112 Å². The standard InChI is InChI=1S/C35H37BrClN3O4S/c1-25-9-8-12-30(21-25)40(45(43,44)31-19-17-29(37)18-20-31)24-33(41)39(23-27-13-15-28(36)16-14-27)32(34(42)38-35(2,3)4)22-26-10-6-5-7-11-26/h5-21,32H,22-24H2,1-4H3,(H,38,42). The molecule has 0 aliphatic heterocycles. The van der Waals surface area contributed by atoms with Crippen molar-refractivity contribution in [2.45, 2.75) is 57.1 Å². The molecule has 4 rings (SSSR count). The first-order valence-corrected chi connectivity index (χ1v) is 17.1. The van der Waals surface area contributed by atoms with Gasteiger partial charge in [-0.15, -0.1) is 0 Å². The Labute approximate surface area is 279 Å². The Kier molecular flexibility index (Phi) is 11.1. The van der Waals surface area contributed by atoms with Crippen molar-refractivity contribution in [2.24, 2.45) is 0 Å². The molecule has 0 spiro atoms. The first-order chi connectivity index (χ1) is 21.2. The molecular weight excluding hydrogens is 674 g/mol. The van der Waals surface area contributed by atoms with Crippen molar-refractivity contribution < 1.29 is 18.0 Å². The Hall–Kier alpha value is -3.66. The molecular formula is C35H37BrClN3O4S. The van der Waals surface area contributed by atoms with Crippen LogP contribution in [0, 0.1) is 6.92 Å². The van der Waals surface area contributed by atoms with Gasteiger partial charge >= 0.3 is 0 Å². The van der Waals surface area contributed by atoms with Gasteiger partial charge in [0.25, 0.3) is 10.0 Å². The van der Waals surface area contributed by atoms with Gasteiger partial charge in [0.05, 0.1) is 10.6 Å². The van der Waals surface area contributed by atoms with Gasteiger partial charge in [0.2, 0.25) is 11.8 Å². The quantitative estimate of drug-likeness (QED) is 0.179. The lowest BCUT2D eigenvalue weighted by Crippen LogP contribution is -2.56. The second-order valence-corrected chi connectivity index (χ2v) is 15.1. The molecule has 0 aliphatic rings. The highest BCUT2D eigenvalue weighted by Crippen LogP contribution is 2.27. The summed E-state index contributed by atoms with van der Waals surface area (Å²) in [6.07, 6.45) is 0.236. The molecule has 0 saturated carbocycles. The molecule has 0 saturated heterocycles. The Bertz CT molecular complexity index is 1730. The number of amides is 2. The number of rotatable bonds is 11. The van der Waals surface area contributed by atoms with Gasteiger partial charge in [0.1, 0.15) is 12.6 Å². The van der Waals surface area contributed by atoms with E-state index in [1.807, 2.05) is 88.4 Å². The number of nitrogens with zero attached hydrogens (tertiary/aromatic N) is 2. The minimum atomic E-state index is -4.21. The number of hydrogen-bond acceptors (Lipinski definition) is 4. The van der Waals surface area contributed by atoms with Crippen LogP contribution in [0.2, 0.25) is 5.02 Å². The summed E-state index contributed by atoms with van der Waals surface area (Å²) >= 11 is 9.52. The molecule has 45 heavy (non-hydrogen) atoms. The number of benzene rings is 4. The molecule has 1 N–H and O–H groups in total. The zero-order valence-corrected chi connectivity index (χ0v) is 28.9. The van der Waals surface area contributed by atoms with Crippen LogP contribution in [0.5, 0.6) is 0 Å². The zero-order chi connectivity index (χ0) is 32.8. The fourth-order valence-corrected chi connectivity index (χ4v) is 6.64. The molecule has 0 bridgehead atoms. The van der Waals surface area contributed by atoms with Crippen LogP contribution in [0.3, 0.4) is 0 Å². The molecule has 7 nitrogen and oxygen atoms in total. The SMILES string of the molecule is Cc1cccc(N(CC(=O)N(Cc2ccc(Br)cc2)C(Cc2ccccc2)C(=O)NC(C)(C)C)S(=O)(=O)c2ccc(Cl)cc2)c1. The Morgan fingerprint density at radius 3 is 2.11 bits per heavy atom. The van der Waals surface area contributed by atoms with E-state index in [0.717, 1.165) is 25.5 Å². The number of halogens is 2. The highest BCUT2D eigenvalue weighted by atomic mass is 79.9. The van der Waals surface area contributed by atoms with Gasteiger partial charge in [-0.25, -0.2) is 8.42 Å². The lowest BCUT2D eigenvalue weighted by Gasteiger charge is -2.35. The summed E-state index contributed by atoms with van der Waals surface area (Å²) in [4.78, 5) is 29.9. The third kappa shape index (κ3) is 9.42. The summed E-state index contributed by atoms with van der Waals surface area (Å²) in [5.41, 5.74) is 2.25. The van der Waals surface area contributed by atoms with Crippen LogP contribution < -0.4 is 9.62 Å². The normalized spacial score (nSPS) is 12.3. The predicted octanol–water partition coefficient (Wildman–Crippen LogP) is 7.16. The molecule has 1 unspecified atom stereocenters. The minimum absolute atomic E-state index is 0.00743. The van der Waals surface area contributed by atoms with Gasteiger partial charge in [0, 0.05) is 28.0 Å². The van der Waals surface area contributed by atoms with E-state index in [9.17, 15) is 18.0 Å². The zero-order valence-electron chi connectivity index (χ0n) is 25.7. The van der Waals surface area contributed by atoms with Crippen molar-refractivity contribution in [1.82, 2.24) is 10.2 Å². The van der Waals surface area contributed by atoms with Crippen molar-refractivity contribution in [2.75, 3.05) is 10.8 Å². The fourth-order valence-electron chi connectivity index (χ4n) is 4.84. The van der Waals surface area contributed by atoms with Gasteiger partial charge in [-0.05, 0) is 92.9 Å². The van der Waals surface area contributed by atoms with Crippen LogP contribution in [0.1, 0.15) is 37.5 Å². The molecule has 4 aromatic rings. The summed E-state index contributed by atoms with van der Waals surface area (Å²) in [6, 6.07) is 28.8. The van der Waals surface area contributed by atoms with E-state index in [1.54, 1.807) is 18.2 Å². The lowest BCUT2D eigenvalue weighted by molar-refractivity contribution is -0.140. The first kappa shape index (κ1) is 34.2. The summed E-state index contributed by atoms with van der Waals surface area (Å²) < 4.78 is 30.2. The van der Waals surface area contributed by atoms with Crippen molar-refractivity contribution in [3.8, 4) is 0 Å². The molecule has 236 valence electrons. The van der Waals surface area contributed by atoms with E-state index in [-0.39, 0.29) is 23.8 Å². The van der Waals surface area contributed by atoms with E-state index in [1.165, 1.54) is 29.2 Å². The van der Waals surface area contributed by atoms with E-state index >= 15 is 0 Å². The Morgan fingerprint density at radius 1 is 0.867 bits per heavy atom. The molecule has 1 atom stereocenters. The number of nitrogens with one attached hydrogen (secondary N) is 1. The number of carbonyl (C=O) groups excluding carboxylic acids is 2. The fraction of sp³-hybridized carbons (Fsp3) is 0.257. The van der Waals surface area contributed by atoms with Crippen molar-refractivity contribution in [3.63, 3.8) is 0 Å². The maximum absolute atomic E-state index is 14.5. The van der Waals surface area contributed by atoms with Gasteiger partial charge < -0.3 is 10.2 Å². The molecule has 4 aromatic carbocycles. The average molecular weight is 711 g/mol. The topological polar surface area (TPSA) is 86.8 Å². The third-order valence-electron chi connectivity index (χ3n) is 7.01. The molecule has 0 aliphatic carbocycles. The van der Waals surface area contributed by atoms with Crippen LogP contribution >= 0.6 is 27.5 Å². The maximum Gasteiger partial charge on any atom is 0.264 e. The smallest absolute Gasteiger partial charge is 0.264 e. The molecule has 0 heterocycles. The number of sulfonamides is 1. The molecule has 10 heteroatoms. The van der Waals surface area contributed by atoms with Crippen molar-refractivity contribution in [3.05, 3.63) is 129 Å². The van der Waals surface area contributed by atoms with E-state index in [2.05, 4.69) is 21.2 Å². The van der Waals surface area contributed by atoms with Crippen LogP contribution in [0.4, 0.5) is 5.69 Å². The number of hydrogen-bond donors (Lipinski definition) is 1. The third-order valence-corrected chi connectivity index (χ3v) is 9.57. The van der Waals surface area contributed by atoms with Gasteiger partial charge in [-0.3, -0.25) is 13.9 Å². The monoisotopic (exact) mass is 709 g/mol. The summed E-state index contributed by atoms with van der Waals surface area (Å²) in [7, 11) is -4.21. The van der Waals surface area contributed by atoms with Crippen molar-refractivity contribution >= 4 is 55.1 Å². The van der Waals surface area contributed by atoms with Crippen molar-refractivity contribution in [1.29, 1.82) is 0 Å². The maximum atomic E-state index is 14.5. The van der Waals surface area contributed by atoms with E-state index in [0.29, 0.717) is 10.7 Å². The molecule has 0 radical (unpaired) electrons. The summed E-state index contributed by atoms with van der Waals surface area (Å²) in [5, 5.41) is 3.43. The summed E-state index contributed by atoms with van der Waals surface area (Å²) in [5.74, 6) is -0.860. The minimum Gasteiger partial charge on any atom is -0.350 e. The lowest BCUT2D eigenvalue weighted by atomic mass is 10.0. The Balaban J connectivity index is 1.81. The van der Waals surface area contributed by atoms with Crippen LogP contribution in [0.25, 0.3) is 0 Å². The summed E-state index contributed by atoms with van der Waals surface area (Å²) in [6.45, 7) is 7.05. The second kappa shape index (κ2) is 14.6. The first-order valence-electron chi connectivity index (χ1n) is 14.5. The number of aryl methyl sites for hydroxylation is 1. The molecule has 0 fully saturated rings.